The van der Waals surface area contributed by atoms with E-state index in [9.17, 15) is 15.0 Å². The topological polar surface area (TPSA) is 99.4 Å². The largest absolute Gasteiger partial charge is 0.534 e. The molecule has 0 aromatic carbocycles. The SMILES string of the molecule is CCCCCCCCCCCCCCCCCCOC[C@H](COC(=O)On1c(O)ccc1O)OCCCCCCCCCCCCCCCCCC. The van der Waals surface area contributed by atoms with Gasteiger partial charge in [0.05, 0.1) is 6.61 Å². The molecule has 0 saturated carbocycles. The molecule has 0 saturated heterocycles. The zero-order valence-electron chi connectivity index (χ0n) is 34.1. The molecule has 1 heterocycles. The van der Waals surface area contributed by atoms with Crippen LogP contribution in [-0.2, 0) is 14.2 Å². The maximum atomic E-state index is 12.2. The highest BCUT2D eigenvalue weighted by atomic mass is 16.8. The monoisotopic (exact) mass is 738 g/mol. The van der Waals surface area contributed by atoms with Crippen LogP contribution in [0.15, 0.2) is 12.1 Å². The van der Waals surface area contributed by atoms with Gasteiger partial charge >= 0.3 is 6.16 Å². The molecule has 8 nitrogen and oxygen atoms in total. The average molecular weight is 738 g/mol. The summed E-state index contributed by atoms with van der Waals surface area (Å²) in [6.07, 6.45) is 41.2. The Labute approximate surface area is 320 Å². The van der Waals surface area contributed by atoms with Crippen LogP contribution >= 0.6 is 0 Å². The molecular weight excluding hydrogens is 654 g/mol. The molecule has 52 heavy (non-hydrogen) atoms. The highest BCUT2D eigenvalue weighted by Crippen LogP contribution is 2.19. The van der Waals surface area contributed by atoms with Gasteiger partial charge < -0.3 is 24.4 Å². The summed E-state index contributed by atoms with van der Waals surface area (Å²) in [4.78, 5) is 17.1. The van der Waals surface area contributed by atoms with E-state index in [-0.39, 0.29) is 6.61 Å². The molecule has 0 radical (unpaired) electrons. The summed E-state index contributed by atoms with van der Waals surface area (Å²) >= 11 is 0. The minimum absolute atomic E-state index is 0.0283. The molecule has 1 atom stereocenters. The molecule has 0 aliphatic heterocycles. The third kappa shape index (κ3) is 30.5. The molecule has 0 spiro atoms. The molecule has 0 amide bonds. The average Bonchev–Trinajstić information content (AvgIpc) is 3.46. The van der Waals surface area contributed by atoms with E-state index in [0.29, 0.717) is 24.6 Å². The molecule has 0 aliphatic rings. The Bertz CT molecular complexity index is 872. The minimum atomic E-state index is -1.03. The molecule has 1 aromatic heterocycles. The van der Waals surface area contributed by atoms with Crippen molar-refractivity contribution in [2.24, 2.45) is 0 Å². The van der Waals surface area contributed by atoms with Crippen molar-refractivity contribution in [2.75, 3.05) is 26.4 Å². The summed E-state index contributed by atoms with van der Waals surface area (Å²) in [5.74, 6) is -0.791. The van der Waals surface area contributed by atoms with Crippen LogP contribution in [0.5, 0.6) is 11.8 Å². The third-order valence-corrected chi connectivity index (χ3v) is 10.1. The fourth-order valence-electron chi connectivity index (χ4n) is 6.77. The van der Waals surface area contributed by atoms with Crippen LogP contribution in [0.4, 0.5) is 4.79 Å². The summed E-state index contributed by atoms with van der Waals surface area (Å²) in [7, 11) is 0. The standard InChI is InChI=1S/C44H83NO7/c1-3-5-7-9-11-13-15-17-19-21-23-25-27-29-31-33-37-49-39-41(40-51-44(48)52-45-42(46)35-36-43(45)47)50-38-34-32-30-28-26-24-22-20-18-16-14-12-10-8-6-4-2/h35-36,41,46-47H,3-34,37-40H2,1-2H3/t41-/m1/s1. The summed E-state index contributed by atoms with van der Waals surface area (Å²) < 4.78 is 17.9. The smallest absolute Gasteiger partial charge is 0.492 e. The van der Waals surface area contributed by atoms with Gasteiger partial charge in [0.15, 0.2) is 0 Å². The minimum Gasteiger partial charge on any atom is -0.492 e. The zero-order chi connectivity index (χ0) is 37.6. The van der Waals surface area contributed by atoms with Crippen molar-refractivity contribution >= 4 is 6.16 Å². The maximum Gasteiger partial charge on any atom is 0.534 e. The first-order valence-electron chi connectivity index (χ1n) is 22.2. The Hall–Kier alpha value is -1.93. The van der Waals surface area contributed by atoms with Crippen molar-refractivity contribution in [3.63, 3.8) is 0 Å². The lowest BCUT2D eigenvalue weighted by Crippen LogP contribution is -2.30. The van der Waals surface area contributed by atoms with E-state index in [1.54, 1.807) is 0 Å². The van der Waals surface area contributed by atoms with E-state index < -0.39 is 24.0 Å². The zero-order valence-corrected chi connectivity index (χ0v) is 34.1. The summed E-state index contributed by atoms with van der Waals surface area (Å²) in [5.41, 5.74) is 0. The molecule has 0 fully saturated rings. The van der Waals surface area contributed by atoms with Crippen LogP contribution in [0.1, 0.15) is 219 Å². The lowest BCUT2D eigenvalue weighted by Gasteiger charge is -2.18. The van der Waals surface area contributed by atoms with Gasteiger partial charge in [-0.05, 0) is 12.8 Å². The predicted molar refractivity (Wildman–Crippen MR) is 215 cm³/mol. The number of nitrogens with zero attached hydrogens (tertiary/aromatic N) is 1. The number of rotatable bonds is 40. The second-order valence-electron chi connectivity index (χ2n) is 15.2. The number of carbonyl (C=O) groups is 1. The molecule has 2 N–H and O–H groups in total. The second kappa shape index (κ2) is 37.4. The summed E-state index contributed by atoms with van der Waals surface area (Å²) in [6.45, 7) is 6.11. The molecule has 0 unspecified atom stereocenters. The molecular formula is C44H83NO7. The first-order chi connectivity index (χ1) is 25.6. The highest BCUT2D eigenvalue weighted by Gasteiger charge is 2.17. The van der Waals surface area contributed by atoms with Gasteiger partial charge in [-0.2, -0.15) is 0 Å². The number of hydrogen-bond acceptors (Lipinski definition) is 7. The molecule has 1 aromatic rings. The van der Waals surface area contributed by atoms with Gasteiger partial charge in [-0.25, -0.2) is 4.79 Å². The van der Waals surface area contributed by atoms with Crippen molar-refractivity contribution in [3.8, 4) is 11.8 Å². The van der Waals surface area contributed by atoms with Gasteiger partial charge in [0.25, 0.3) is 0 Å². The Kier molecular flexibility index (Phi) is 34.6. The van der Waals surface area contributed by atoms with Crippen LogP contribution < -0.4 is 4.84 Å². The molecule has 8 heteroatoms. The number of aromatic hydroxyl groups is 2. The third-order valence-electron chi connectivity index (χ3n) is 10.1. The predicted octanol–water partition coefficient (Wildman–Crippen LogP) is 13.4. The fourth-order valence-corrected chi connectivity index (χ4v) is 6.77. The van der Waals surface area contributed by atoms with E-state index in [2.05, 4.69) is 13.8 Å². The number of hydrogen-bond donors (Lipinski definition) is 2. The Morgan fingerprint density at radius 2 is 0.827 bits per heavy atom. The molecule has 306 valence electrons. The number of unbranched alkanes of at least 4 members (excludes halogenated alkanes) is 30. The van der Waals surface area contributed by atoms with Crippen molar-refractivity contribution in [3.05, 3.63) is 12.1 Å². The second-order valence-corrected chi connectivity index (χ2v) is 15.2. The van der Waals surface area contributed by atoms with Crippen LogP contribution in [0.3, 0.4) is 0 Å². The van der Waals surface area contributed by atoms with E-state index in [1.165, 1.54) is 192 Å². The van der Waals surface area contributed by atoms with Crippen molar-refractivity contribution in [2.45, 2.75) is 225 Å². The highest BCUT2D eigenvalue weighted by molar-refractivity contribution is 5.60. The van der Waals surface area contributed by atoms with Gasteiger partial charge in [-0.1, -0.05) is 206 Å². The van der Waals surface area contributed by atoms with Gasteiger partial charge in [0.2, 0.25) is 11.8 Å². The Morgan fingerprint density at radius 1 is 0.500 bits per heavy atom. The van der Waals surface area contributed by atoms with Crippen molar-refractivity contribution in [1.29, 1.82) is 0 Å². The summed E-state index contributed by atoms with van der Waals surface area (Å²) in [5, 5.41) is 19.4. The normalized spacial score (nSPS) is 12.0. The van der Waals surface area contributed by atoms with E-state index in [1.807, 2.05) is 0 Å². The Morgan fingerprint density at radius 3 is 1.19 bits per heavy atom. The van der Waals surface area contributed by atoms with E-state index in [0.717, 1.165) is 25.7 Å². The maximum absolute atomic E-state index is 12.2. The lowest BCUT2D eigenvalue weighted by atomic mass is 10.0. The Balaban J connectivity index is 2.11. The van der Waals surface area contributed by atoms with Gasteiger partial charge in [-0.3, -0.25) is 4.84 Å². The number of aromatic nitrogens is 1. The lowest BCUT2D eigenvalue weighted by molar-refractivity contribution is -0.0585. The summed E-state index contributed by atoms with van der Waals surface area (Å²) in [6, 6.07) is 2.44. The molecule has 0 aliphatic carbocycles. The van der Waals surface area contributed by atoms with E-state index >= 15 is 0 Å². The number of carbonyl (C=O) groups excluding carboxylic acids is 1. The quantitative estimate of drug-likeness (QED) is 0.0511. The van der Waals surface area contributed by atoms with Crippen LogP contribution in [0, 0.1) is 0 Å². The van der Waals surface area contributed by atoms with Crippen LogP contribution in [0.25, 0.3) is 0 Å². The van der Waals surface area contributed by atoms with Crippen molar-refractivity contribution < 1.29 is 34.1 Å². The van der Waals surface area contributed by atoms with Crippen LogP contribution in [-0.4, -0.2) is 53.6 Å². The number of ether oxygens (including phenoxy) is 3. The van der Waals surface area contributed by atoms with Crippen LogP contribution in [0.2, 0.25) is 0 Å². The van der Waals surface area contributed by atoms with E-state index in [4.69, 9.17) is 19.0 Å². The van der Waals surface area contributed by atoms with Gasteiger partial charge in [-0.15, -0.1) is 4.73 Å². The van der Waals surface area contributed by atoms with Crippen molar-refractivity contribution in [1.82, 2.24) is 4.73 Å². The van der Waals surface area contributed by atoms with Gasteiger partial charge in [0.1, 0.15) is 12.7 Å². The molecule has 0 bridgehead atoms. The first kappa shape index (κ1) is 48.1. The first-order valence-corrected chi connectivity index (χ1v) is 22.2. The fraction of sp³-hybridized carbons (Fsp3) is 0.886. The van der Waals surface area contributed by atoms with Gasteiger partial charge in [0, 0.05) is 25.3 Å². The molecule has 1 rings (SSSR count).